The van der Waals surface area contributed by atoms with Gasteiger partial charge in [-0.05, 0) is 47.2 Å². The molecule has 2 aromatic rings. The van der Waals surface area contributed by atoms with Gasteiger partial charge < -0.3 is 30.0 Å². The van der Waals surface area contributed by atoms with Crippen LogP contribution in [0.4, 0.5) is 0 Å². The maximum Gasteiger partial charge on any atom is 2.00 e. The molecule has 0 aromatic heterocycles. The molecule has 2 heterocycles. The molecule has 0 saturated carbocycles. The van der Waals surface area contributed by atoms with Crippen LogP contribution in [0.1, 0.15) is 60.8 Å². The Kier molecular flexibility index (Phi) is 13.3. The number of aliphatic hydroxyl groups is 2. The second-order valence-corrected chi connectivity index (χ2v) is 11.2. The van der Waals surface area contributed by atoms with E-state index in [9.17, 15) is 30.0 Å². The SMILES string of the molecule is C[C@H](C(=O)[O-])c1ccc(/C=C2\SCC[C@@H]2O)cc1.C[C@H](C(=O)[O-])c1ccc(/C=C2\SCC[C@@H]2O)cc1.[Ca+2]. The number of rotatable bonds is 6. The van der Waals surface area contributed by atoms with Crippen LogP contribution < -0.4 is 10.2 Å². The zero-order chi connectivity index (χ0) is 26.2. The summed E-state index contributed by atoms with van der Waals surface area (Å²) in [6, 6.07) is 14.6. The molecule has 192 valence electrons. The fourth-order valence-electron chi connectivity index (χ4n) is 3.69. The zero-order valence-electron chi connectivity index (χ0n) is 21.0. The molecule has 0 amide bonds. The Hall–Kier alpha value is -1.26. The summed E-state index contributed by atoms with van der Waals surface area (Å²) >= 11 is 3.34. The van der Waals surface area contributed by atoms with Crippen LogP contribution in [0.2, 0.25) is 0 Å². The number of hydrogen-bond donors (Lipinski definition) is 2. The van der Waals surface area contributed by atoms with E-state index in [4.69, 9.17) is 0 Å². The van der Waals surface area contributed by atoms with E-state index in [1.807, 2.05) is 36.4 Å². The van der Waals surface area contributed by atoms with Crippen molar-refractivity contribution >= 4 is 85.4 Å². The van der Waals surface area contributed by atoms with E-state index >= 15 is 0 Å². The number of benzene rings is 2. The fourth-order valence-corrected chi connectivity index (χ4v) is 5.90. The minimum absolute atomic E-state index is 0. The number of carboxylic acids is 2. The number of carbonyl (C=O) groups excluding carboxylic acids is 2. The van der Waals surface area contributed by atoms with Crippen LogP contribution in [0, 0.1) is 0 Å². The first-order valence-electron chi connectivity index (χ1n) is 11.8. The van der Waals surface area contributed by atoms with Gasteiger partial charge in [-0.3, -0.25) is 0 Å². The van der Waals surface area contributed by atoms with Gasteiger partial charge in [0.2, 0.25) is 0 Å². The Bertz CT molecular complexity index is 1020. The van der Waals surface area contributed by atoms with Crippen molar-refractivity contribution in [1.29, 1.82) is 0 Å². The molecular weight excluding hydrogens is 537 g/mol. The van der Waals surface area contributed by atoms with Crippen LogP contribution in [0.25, 0.3) is 12.2 Å². The second kappa shape index (κ2) is 15.4. The second-order valence-electron chi connectivity index (χ2n) is 8.81. The van der Waals surface area contributed by atoms with Crippen LogP contribution in [0.15, 0.2) is 58.3 Å². The minimum atomic E-state index is -1.07. The Morgan fingerprint density at radius 2 is 1.08 bits per heavy atom. The van der Waals surface area contributed by atoms with Crippen molar-refractivity contribution in [1.82, 2.24) is 0 Å². The van der Waals surface area contributed by atoms with E-state index in [0.29, 0.717) is 0 Å². The predicted molar refractivity (Wildman–Crippen MR) is 148 cm³/mol. The molecule has 0 aliphatic carbocycles. The van der Waals surface area contributed by atoms with Crippen LogP contribution in [0.5, 0.6) is 0 Å². The summed E-state index contributed by atoms with van der Waals surface area (Å²) in [5.74, 6) is -1.43. The molecule has 37 heavy (non-hydrogen) atoms. The molecule has 6 nitrogen and oxygen atoms in total. The molecule has 2 saturated heterocycles. The van der Waals surface area contributed by atoms with Crippen molar-refractivity contribution in [2.24, 2.45) is 0 Å². The average Bonchev–Trinajstić information content (AvgIpc) is 3.46. The first-order chi connectivity index (χ1) is 17.2. The molecule has 0 bridgehead atoms. The Morgan fingerprint density at radius 1 is 0.757 bits per heavy atom. The van der Waals surface area contributed by atoms with Crippen molar-refractivity contribution in [3.63, 3.8) is 0 Å². The number of carbonyl (C=O) groups is 2. The molecule has 0 unspecified atom stereocenters. The van der Waals surface area contributed by atoms with Crippen LogP contribution in [-0.4, -0.2) is 83.6 Å². The summed E-state index contributed by atoms with van der Waals surface area (Å²) < 4.78 is 0. The first kappa shape index (κ1) is 32.0. The number of hydrogen-bond acceptors (Lipinski definition) is 8. The summed E-state index contributed by atoms with van der Waals surface area (Å²) in [5, 5.41) is 40.9. The zero-order valence-corrected chi connectivity index (χ0v) is 24.8. The van der Waals surface area contributed by atoms with Crippen LogP contribution in [0.3, 0.4) is 0 Å². The van der Waals surface area contributed by atoms with Crippen molar-refractivity contribution in [2.75, 3.05) is 11.5 Å². The van der Waals surface area contributed by atoms with E-state index in [-0.39, 0.29) is 49.9 Å². The summed E-state index contributed by atoms with van der Waals surface area (Å²) in [6.45, 7) is 3.22. The van der Waals surface area contributed by atoms with E-state index in [1.54, 1.807) is 61.6 Å². The third-order valence-corrected chi connectivity index (χ3v) is 8.50. The van der Waals surface area contributed by atoms with Gasteiger partial charge in [-0.2, -0.15) is 0 Å². The Balaban J connectivity index is 0.000000253. The molecule has 2 aliphatic rings. The van der Waals surface area contributed by atoms with E-state index < -0.39 is 23.8 Å². The number of aliphatic hydroxyl groups excluding tert-OH is 2. The molecule has 4 rings (SSSR count). The van der Waals surface area contributed by atoms with E-state index in [1.165, 1.54) is 0 Å². The smallest absolute Gasteiger partial charge is 0.550 e. The maximum atomic E-state index is 10.7. The molecule has 0 radical (unpaired) electrons. The topological polar surface area (TPSA) is 121 Å². The summed E-state index contributed by atoms with van der Waals surface area (Å²) in [5.41, 5.74) is 3.43. The molecule has 4 atom stereocenters. The van der Waals surface area contributed by atoms with Gasteiger partial charge in [-0.25, -0.2) is 0 Å². The largest absolute Gasteiger partial charge is 2.00 e. The van der Waals surface area contributed by atoms with Crippen molar-refractivity contribution in [3.05, 3.63) is 80.6 Å². The fraction of sp³-hybridized carbons (Fsp3) is 0.357. The van der Waals surface area contributed by atoms with Gasteiger partial charge in [0.1, 0.15) is 0 Å². The van der Waals surface area contributed by atoms with E-state index in [0.717, 1.165) is 56.4 Å². The van der Waals surface area contributed by atoms with Gasteiger partial charge in [0.05, 0.1) is 12.2 Å². The quantitative estimate of drug-likeness (QED) is 0.512. The maximum absolute atomic E-state index is 10.7. The molecule has 2 N–H and O–H groups in total. The molecule has 2 aliphatic heterocycles. The Labute approximate surface area is 256 Å². The van der Waals surface area contributed by atoms with Crippen LogP contribution in [-0.2, 0) is 9.59 Å². The summed E-state index contributed by atoms with van der Waals surface area (Å²) in [4.78, 5) is 23.5. The van der Waals surface area contributed by atoms with Crippen molar-refractivity contribution in [3.8, 4) is 0 Å². The van der Waals surface area contributed by atoms with Crippen molar-refractivity contribution in [2.45, 2.75) is 50.7 Å². The predicted octanol–water partition coefficient (Wildman–Crippen LogP) is 2.38. The molecule has 2 fully saturated rings. The summed E-state index contributed by atoms with van der Waals surface area (Å²) in [6.07, 6.45) is 4.81. The van der Waals surface area contributed by atoms with Crippen LogP contribution >= 0.6 is 23.5 Å². The van der Waals surface area contributed by atoms with Gasteiger partial charge in [0.25, 0.3) is 0 Å². The first-order valence-corrected chi connectivity index (χ1v) is 13.8. The van der Waals surface area contributed by atoms with Gasteiger partial charge in [0, 0.05) is 45.1 Å². The van der Waals surface area contributed by atoms with Gasteiger partial charge in [-0.15, -0.1) is 23.5 Å². The molecule has 0 spiro atoms. The number of aliphatic carboxylic acids is 2. The molecular formula is C28H30CaO6S2. The van der Waals surface area contributed by atoms with Gasteiger partial charge in [0.15, 0.2) is 0 Å². The number of thioether (sulfide) groups is 2. The van der Waals surface area contributed by atoms with Gasteiger partial charge >= 0.3 is 37.7 Å². The normalized spacial score (nSPS) is 22.6. The third-order valence-electron chi connectivity index (χ3n) is 6.17. The minimum Gasteiger partial charge on any atom is -0.550 e. The average molecular weight is 567 g/mol. The monoisotopic (exact) mass is 566 g/mol. The van der Waals surface area contributed by atoms with E-state index in [2.05, 4.69) is 0 Å². The molecule has 2 aromatic carbocycles. The standard InChI is InChI=1S/2C14H16O3S.Ca/c2*1-9(14(16)17)11-4-2-10(3-5-11)8-13-12(15)6-7-18-13;/h2*2-5,8-9,12,15H,6-7H2,1H3,(H,16,17);/q;;+2/p-2/b2*13-8-;/t2*9-,12-;/m00./s1. The summed E-state index contributed by atoms with van der Waals surface area (Å²) in [7, 11) is 0. The Morgan fingerprint density at radius 3 is 1.32 bits per heavy atom. The van der Waals surface area contributed by atoms with Crippen molar-refractivity contribution < 1.29 is 30.0 Å². The van der Waals surface area contributed by atoms with Gasteiger partial charge in [-0.1, -0.05) is 62.4 Å². The third kappa shape index (κ3) is 9.46. The number of carboxylic acid groups (broad SMARTS) is 2. The molecule has 9 heteroatoms.